The molecular formula is C24H23F3N4O4. The van der Waals surface area contributed by atoms with Crippen molar-refractivity contribution in [3.8, 4) is 34.7 Å². The van der Waals surface area contributed by atoms with Crippen molar-refractivity contribution in [1.29, 1.82) is 5.26 Å². The summed E-state index contributed by atoms with van der Waals surface area (Å²) >= 11 is 0. The van der Waals surface area contributed by atoms with Crippen LogP contribution < -0.4 is 10.1 Å². The van der Waals surface area contributed by atoms with Crippen LogP contribution in [0.3, 0.4) is 0 Å². The number of ether oxygens (including phenoxy) is 1. The molecule has 4 rings (SSSR count). The van der Waals surface area contributed by atoms with Gasteiger partial charge in [-0.15, -0.1) is 0 Å². The largest absolute Gasteiger partial charge is 0.490 e. The molecule has 3 aromatic rings. The molecule has 0 saturated heterocycles. The maximum atomic E-state index is 10.6. The number of alkyl halides is 3. The fourth-order valence-electron chi connectivity index (χ4n) is 3.49. The highest BCUT2D eigenvalue weighted by atomic mass is 19.4. The molecule has 0 fully saturated rings. The molecule has 0 radical (unpaired) electrons. The van der Waals surface area contributed by atoms with Gasteiger partial charge in [0.2, 0.25) is 5.82 Å². The minimum Gasteiger partial charge on any atom is -0.490 e. The molecule has 8 nitrogen and oxygen atoms in total. The first-order valence-electron chi connectivity index (χ1n) is 10.8. The number of nitriles is 1. The Labute approximate surface area is 199 Å². The van der Waals surface area contributed by atoms with Gasteiger partial charge in [0, 0.05) is 11.1 Å². The molecule has 0 atom stereocenters. The molecule has 2 heterocycles. The molecule has 184 valence electrons. The zero-order valence-electron chi connectivity index (χ0n) is 19.0. The van der Waals surface area contributed by atoms with Crippen LogP contribution in [0.5, 0.6) is 5.75 Å². The Morgan fingerprint density at radius 3 is 2.60 bits per heavy atom. The number of hydrogen-bond donors (Lipinski definition) is 2. The second kappa shape index (κ2) is 11.0. The Balaban J connectivity index is 0.000000429. The zero-order chi connectivity index (χ0) is 25.6. The van der Waals surface area contributed by atoms with E-state index >= 15 is 0 Å². The van der Waals surface area contributed by atoms with Crippen LogP contribution in [0.15, 0.2) is 40.9 Å². The molecule has 0 spiro atoms. The van der Waals surface area contributed by atoms with Crippen LogP contribution in [0, 0.1) is 11.3 Å². The Hall–Kier alpha value is -3.91. The summed E-state index contributed by atoms with van der Waals surface area (Å²) in [6.07, 6.45) is -3.15. The SMILES string of the molecule is CC(C)Oc1ccc(-c2nc(-c3cccc4c3CCNCC4)no2)cc1C#N.O=C(O)C(F)(F)F. The molecule has 0 bridgehead atoms. The number of aromatic nitrogens is 2. The summed E-state index contributed by atoms with van der Waals surface area (Å²) in [5.41, 5.74) is 4.77. The molecule has 1 aliphatic rings. The maximum Gasteiger partial charge on any atom is 0.490 e. The van der Waals surface area contributed by atoms with Gasteiger partial charge in [0.05, 0.1) is 11.7 Å². The number of halogens is 3. The van der Waals surface area contributed by atoms with Crippen LogP contribution >= 0.6 is 0 Å². The first-order valence-corrected chi connectivity index (χ1v) is 10.8. The van der Waals surface area contributed by atoms with Gasteiger partial charge in [-0.25, -0.2) is 4.79 Å². The number of carboxylic acid groups (broad SMARTS) is 1. The van der Waals surface area contributed by atoms with E-state index in [1.54, 1.807) is 12.1 Å². The lowest BCUT2D eigenvalue weighted by Gasteiger charge is -2.11. The van der Waals surface area contributed by atoms with E-state index in [4.69, 9.17) is 19.2 Å². The van der Waals surface area contributed by atoms with Crippen LogP contribution in [-0.4, -0.2) is 46.6 Å². The lowest BCUT2D eigenvalue weighted by atomic mass is 9.97. The Morgan fingerprint density at radius 2 is 1.94 bits per heavy atom. The minimum atomic E-state index is -5.08. The highest BCUT2D eigenvalue weighted by Crippen LogP contribution is 2.30. The Bertz CT molecular complexity index is 1230. The van der Waals surface area contributed by atoms with E-state index in [-0.39, 0.29) is 6.10 Å². The molecular weight excluding hydrogens is 465 g/mol. The molecule has 0 unspecified atom stereocenters. The lowest BCUT2D eigenvalue weighted by molar-refractivity contribution is -0.192. The first kappa shape index (κ1) is 25.7. The number of nitrogens with one attached hydrogen (secondary N) is 1. The van der Waals surface area contributed by atoms with Gasteiger partial charge < -0.3 is 19.7 Å². The van der Waals surface area contributed by atoms with E-state index < -0.39 is 12.1 Å². The number of nitrogens with zero attached hydrogens (tertiary/aromatic N) is 3. The molecule has 11 heteroatoms. The van der Waals surface area contributed by atoms with Gasteiger partial charge >= 0.3 is 12.1 Å². The Kier molecular flexibility index (Phi) is 8.09. The summed E-state index contributed by atoms with van der Waals surface area (Å²) in [4.78, 5) is 13.5. The predicted octanol–water partition coefficient (Wildman–Crippen LogP) is 4.38. The highest BCUT2D eigenvalue weighted by Gasteiger charge is 2.38. The van der Waals surface area contributed by atoms with Gasteiger partial charge in [0.1, 0.15) is 11.8 Å². The normalized spacial score (nSPS) is 13.2. The summed E-state index contributed by atoms with van der Waals surface area (Å²) in [5, 5.41) is 24.2. The van der Waals surface area contributed by atoms with E-state index in [2.05, 4.69) is 27.6 Å². The van der Waals surface area contributed by atoms with Gasteiger partial charge in [0.25, 0.3) is 5.89 Å². The van der Waals surface area contributed by atoms with Crippen LogP contribution in [0.25, 0.3) is 22.8 Å². The van der Waals surface area contributed by atoms with Crippen molar-refractivity contribution in [2.75, 3.05) is 13.1 Å². The first-order chi connectivity index (χ1) is 16.6. The summed E-state index contributed by atoms with van der Waals surface area (Å²) < 4.78 is 42.9. The second-order valence-electron chi connectivity index (χ2n) is 7.91. The summed E-state index contributed by atoms with van der Waals surface area (Å²) in [6.45, 7) is 5.78. The van der Waals surface area contributed by atoms with Gasteiger partial charge in [-0.05, 0) is 69.1 Å². The van der Waals surface area contributed by atoms with Crippen molar-refractivity contribution >= 4 is 5.97 Å². The van der Waals surface area contributed by atoms with Crippen LogP contribution in [0.2, 0.25) is 0 Å². The van der Waals surface area contributed by atoms with Crippen molar-refractivity contribution < 1.29 is 32.3 Å². The number of carbonyl (C=O) groups is 1. The van der Waals surface area contributed by atoms with Gasteiger partial charge in [-0.2, -0.15) is 23.4 Å². The third kappa shape index (κ3) is 6.58. The van der Waals surface area contributed by atoms with Crippen molar-refractivity contribution in [2.45, 2.75) is 39.0 Å². The fraction of sp³-hybridized carbons (Fsp3) is 0.333. The van der Waals surface area contributed by atoms with E-state index in [1.165, 1.54) is 11.1 Å². The molecule has 2 aromatic carbocycles. The van der Waals surface area contributed by atoms with E-state index in [9.17, 15) is 18.4 Å². The quantitative estimate of drug-likeness (QED) is 0.555. The average Bonchev–Trinajstić information content (AvgIpc) is 3.16. The monoisotopic (exact) mass is 488 g/mol. The number of carboxylic acids is 1. The average molecular weight is 488 g/mol. The summed E-state index contributed by atoms with van der Waals surface area (Å²) in [7, 11) is 0. The molecule has 0 aliphatic carbocycles. The molecule has 0 amide bonds. The summed E-state index contributed by atoms with van der Waals surface area (Å²) in [6, 6.07) is 13.8. The number of aliphatic carboxylic acids is 1. The van der Waals surface area contributed by atoms with Crippen molar-refractivity contribution in [3.05, 3.63) is 53.1 Å². The molecule has 1 aromatic heterocycles. The third-order valence-electron chi connectivity index (χ3n) is 5.01. The van der Waals surface area contributed by atoms with Crippen molar-refractivity contribution in [1.82, 2.24) is 15.5 Å². The predicted molar refractivity (Wildman–Crippen MR) is 120 cm³/mol. The van der Waals surface area contributed by atoms with Gasteiger partial charge in [-0.1, -0.05) is 23.4 Å². The van der Waals surface area contributed by atoms with Crippen LogP contribution in [-0.2, 0) is 17.6 Å². The highest BCUT2D eigenvalue weighted by molar-refractivity contribution is 5.73. The lowest BCUT2D eigenvalue weighted by Crippen LogP contribution is -2.21. The maximum absolute atomic E-state index is 10.6. The molecule has 35 heavy (non-hydrogen) atoms. The number of fused-ring (bicyclic) bond motifs is 1. The van der Waals surface area contributed by atoms with E-state index in [0.29, 0.717) is 28.6 Å². The molecule has 2 N–H and O–H groups in total. The van der Waals surface area contributed by atoms with Crippen molar-refractivity contribution in [3.63, 3.8) is 0 Å². The van der Waals surface area contributed by atoms with Crippen molar-refractivity contribution in [2.24, 2.45) is 0 Å². The molecule has 1 aliphatic heterocycles. The van der Waals surface area contributed by atoms with Gasteiger partial charge in [-0.3, -0.25) is 0 Å². The minimum absolute atomic E-state index is 0.00390. The van der Waals surface area contributed by atoms with E-state index in [1.807, 2.05) is 32.0 Å². The number of rotatable bonds is 4. The van der Waals surface area contributed by atoms with Crippen LogP contribution in [0.4, 0.5) is 13.2 Å². The summed E-state index contributed by atoms with van der Waals surface area (Å²) in [5.74, 6) is -1.23. The molecule has 0 saturated carbocycles. The Morgan fingerprint density at radius 1 is 1.23 bits per heavy atom. The van der Waals surface area contributed by atoms with E-state index in [0.717, 1.165) is 31.5 Å². The zero-order valence-corrected chi connectivity index (χ0v) is 19.0. The standard InChI is InChI=1S/C22H22N4O2.C2HF3O2/c1-14(2)27-20-7-6-16(12-17(20)13-23)22-25-21(26-28-22)19-5-3-4-15-8-10-24-11-9-18(15)19;3-2(4,5)1(6)7/h3-7,12,14,24H,8-11H2,1-2H3;(H,6,7). The van der Waals surface area contributed by atoms with Gasteiger partial charge in [0.15, 0.2) is 0 Å². The second-order valence-corrected chi connectivity index (χ2v) is 7.91. The number of benzene rings is 2. The topological polar surface area (TPSA) is 121 Å². The smallest absolute Gasteiger partial charge is 0.490 e. The third-order valence-corrected chi connectivity index (χ3v) is 5.01. The fourth-order valence-corrected chi connectivity index (χ4v) is 3.49. The van der Waals surface area contributed by atoms with Crippen LogP contribution in [0.1, 0.15) is 30.5 Å². The number of hydrogen-bond acceptors (Lipinski definition) is 7.